The third kappa shape index (κ3) is 2.68. The van der Waals surface area contributed by atoms with Crippen molar-refractivity contribution in [3.8, 4) is 0 Å². The Morgan fingerprint density at radius 2 is 2.40 bits per heavy atom. The second kappa shape index (κ2) is 4.92. The van der Waals surface area contributed by atoms with Crippen LogP contribution >= 0.6 is 0 Å². The van der Waals surface area contributed by atoms with E-state index in [0.717, 1.165) is 0 Å². The third-order valence-electron chi connectivity index (χ3n) is 2.87. The van der Waals surface area contributed by atoms with E-state index in [1.54, 1.807) is 19.1 Å². The van der Waals surface area contributed by atoms with Crippen LogP contribution in [0.2, 0.25) is 0 Å². The van der Waals surface area contributed by atoms with Gasteiger partial charge in [-0.3, -0.25) is 4.79 Å². The lowest BCUT2D eigenvalue weighted by atomic mass is 9.98. The van der Waals surface area contributed by atoms with E-state index < -0.39 is 5.54 Å². The molecule has 88 valence electrons. The predicted octanol–water partition coefficient (Wildman–Crippen LogP) is -0.402. The second-order valence-corrected chi connectivity index (χ2v) is 4.18. The fourth-order valence-electron chi connectivity index (χ4n) is 1.65. The molecule has 2 atom stereocenters. The van der Waals surface area contributed by atoms with Gasteiger partial charge in [0.25, 0.3) is 0 Å². The first-order chi connectivity index (χ1) is 7.01. The summed E-state index contributed by atoms with van der Waals surface area (Å²) in [6.07, 6.45) is 0.593. The van der Waals surface area contributed by atoms with Gasteiger partial charge >= 0.3 is 0 Å². The van der Waals surface area contributed by atoms with Crippen LogP contribution in [0.5, 0.6) is 0 Å². The third-order valence-corrected chi connectivity index (χ3v) is 2.87. The molecule has 0 radical (unpaired) electrons. The first-order valence-corrected chi connectivity index (χ1v) is 5.14. The van der Waals surface area contributed by atoms with Crippen LogP contribution in [0.4, 0.5) is 0 Å². The summed E-state index contributed by atoms with van der Waals surface area (Å²) in [6.45, 7) is 3.32. The molecular weight excluding hydrogens is 196 g/mol. The monoisotopic (exact) mass is 216 g/mol. The van der Waals surface area contributed by atoms with Gasteiger partial charge in [-0.2, -0.15) is 0 Å². The molecule has 5 heteroatoms. The number of nitrogens with zero attached hydrogens (tertiary/aromatic N) is 1. The number of hydrogen-bond donors (Lipinski definition) is 1. The number of carbonyl (C=O) groups is 1. The normalized spacial score (nSPS) is 27.7. The van der Waals surface area contributed by atoms with E-state index in [0.29, 0.717) is 26.2 Å². The number of rotatable bonds is 4. The zero-order valence-electron chi connectivity index (χ0n) is 9.66. The first-order valence-electron chi connectivity index (χ1n) is 5.14. The largest absolute Gasteiger partial charge is 0.383 e. The summed E-state index contributed by atoms with van der Waals surface area (Å²) in [5, 5.41) is 0. The zero-order valence-corrected chi connectivity index (χ0v) is 9.66. The first kappa shape index (κ1) is 12.4. The minimum Gasteiger partial charge on any atom is -0.383 e. The molecule has 0 aromatic heterocycles. The standard InChI is InChI=1S/C10H20N2O3/c1-8(6-14-3)12(2)9(13)10(11)4-5-15-7-10/h8H,4-7,11H2,1-3H3. The van der Waals surface area contributed by atoms with Crippen molar-refractivity contribution in [1.82, 2.24) is 4.90 Å². The van der Waals surface area contributed by atoms with E-state index in [9.17, 15) is 4.79 Å². The summed E-state index contributed by atoms with van der Waals surface area (Å²) in [6, 6.07) is 0.0310. The number of amides is 1. The molecule has 0 aliphatic carbocycles. The van der Waals surface area contributed by atoms with Gasteiger partial charge in [0.05, 0.1) is 19.3 Å². The highest BCUT2D eigenvalue weighted by Gasteiger charge is 2.41. The summed E-state index contributed by atoms with van der Waals surface area (Å²) >= 11 is 0. The Morgan fingerprint density at radius 3 is 2.87 bits per heavy atom. The van der Waals surface area contributed by atoms with Gasteiger partial charge < -0.3 is 20.1 Å². The van der Waals surface area contributed by atoms with E-state index in [1.165, 1.54) is 0 Å². The zero-order chi connectivity index (χ0) is 11.5. The molecule has 0 aromatic rings. The summed E-state index contributed by atoms with van der Waals surface area (Å²) < 4.78 is 10.2. The van der Waals surface area contributed by atoms with Gasteiger partial charge in [-0.1, -0.05) is 0 Å². The SMILES string of the molecule is COCC(C)N(C)C(=O)C1(N)CCOC1. The fraction of sp³-hybridized carbons (Fsp3) is 0.900. The molecule has 1 heterocycles. The fourth-order valence-corrected chi connectivity index (χ4v) is 1.65. The van der Waals surface area contributed by atoms with Gasteiger partial charge in [-0.15, -0.1) is 0 Å². The highest BCUT2D eigenvalue weighted by Crippen LogP contribution is 2.18. The molecule has 5 nitrogen and oxygen atoms in total. The minimum atomic E-state index is -0.837. The molecule has 1 rings (SSSR count). The Morgan fingerprint density at radius 1 is 1.73 bits per heavy atom. The van der Waals surface area contributed by atoms with Crippen molar-refractivity contribution in [2.75, 3.05) is 34.0 Å². The van der Waals surface area contributed by atoms with Crippen molar-refractivity contribution in [1.29, 1.82) is 0 Å². The lowest BCUT2D eigenvalue weighted by molar-refractivity contribution is -0.138. The van der Waals surface area contributed by atoms with E-state index in [4.69, 9.17) is 15.2 Å². The van der Waals surface area contributed by atoms with E-state index in [1.807, 2.05) is 6.92 Å². The Kier molecular flexibility index (Phi) is 4.07. The molecule has 1 aliphatic heterocycles. The van der Waals surface area contributed by atoms with Crippen molar-refractivity contribution >= 4 is 5.91 Å². The van der Waals surface area contributed by atoms with Crippen LogP contribution in [0.15, 0.2) is 0 Å². The predicted molar refractivity (Wildman–Crippen MR) is 56.5 cm³/mol. The minimum absolute atomic E-state index is 0.0310. The van der Waals surface area contributed by atoms with Crippen LogP contribution in [0.25, 0.3) is 0 Å². The number of ether oxygens (including phenoxy) is 2. The quantitative estimate of drug-likeness (QED) is 0.694. The average molecular weight is 216 g/mol. The van der Waals surface area contributed by atoms with Gasteiger partial charge in [-0.05, 0) is 13.3 Å². The van der Waals surface area contributed by atoms with Crippen molar-refractivity contribution < 1.29 is 14.3 Å². The molecule has 1 aliphatic rings. The van der Waals surface area contributed by atoms with Gasteiger partial charge in [-0.25, -0.2) is 0 Å². The summed E-state index contributed by atoms with van der Waals surface area (Å²) in [4.78, 5) is 13.7. The van der Waals surface area contributed by atoms with Crippen molar-refractivity contribution in [2.24, 2.45) is 5.73 Å². The van der Waals surface area contributed by atoms with Gasteiger partial charge in [0, 0.05) is 20.8 Å². The Balaban J connectivity index is 2.58. The maximum Gasteiger partial charge on any atom is 0.245 e. The van der Waals surface area contributed by atoms with Gasteiger partial charge in [0.2, 0.25) is 5.91 Å². The van der Waals surface area contributed by atoms with Crippen LogP contribution in [0, 0.1) is 0 Å². The lowest BCUT2D eigenvalue weighted by Gasteiger charge is -2.31. The molecule has 1 fully saturated rings. The van der Waals surface area contributed by atoms with Crippen LogP contribution in [-0.4, -0.2) is 56.4 Å². The van der Waals surface area contributed by atoms with Crippen molar-refractivity contribution in [3.05, 3.63) is 0 Å². The smallest absolute Gasteiger partial charge is 0.245 e. The summed E-state index contributed by atoms with van der Waals surface area (Å²) in [5.74, 6) is -0.0652. The average Bonchev–Trinajstić information content (AvgIpc) is 2.64. The van der Waals surface area contributed by atoms with E-state index >= 15 is 0 Å². The van der Waals surface area contributed by atoms with Crippen LogP contribution in [0.1, 0.15) is 13.3 Å². The molecule has 0 aromatic carbocycles. The molecule has 2 N–H and O–H groups in total. The highest BCUT2D eigenvalue weighted by molar-refractivity contribution is 5.86. The molecule has 15 heavy (non-hydrogen) atoms. The summed E-state index contributed by atoms with van der Waals surface area (Å²) in [7, 11) is 3.37. The molecule has 1 saturated heterocycles. The second-order valence-electron chi connectivity index (χ2n) is 4.18. The maximum atomic E-state index is 12.0. The highest BCUT2D eigenvalue weighted by atomic mass is 16.5. The van der Waals surface area contributed by atoms with Crippen molar-refractivity contribution in [2.45, 2.75) is 24.9 Å². The number of hydrogen-bond acceptors (Lipinski definition) is 4. The Bertz CT molecular complexity index is 227. The number of methoxy groups -OCH3 is 1. The Labute approximate surface area is 90.5 Å². The topological polar surface area (TPSA) is 64.8 Å². The van der Waals surface area contributed by atoms with Gasteiger partial charge in [0.1, 0.15) is 5.54 Å². The van der Waals surface area contributed by atoms with E-state index in [2.05, 4.69) is 0 Å². The van der Waals surface area contributed by atoms with E-state index in [-0.39, 0.29) is 11.9 Å². The maximum absolute atomic E-state index is 12.0. The molecule has 0 spiro atoms. The Hall–Kier alpha value is -0.650. The molecule has 2 unspecified atom stereocenters. The molecule has 0 saturated carbocycles. The number of carbonyl (C=O) groups excluding carboxylic acids is 1. The van der Waals surface area contributed by atoms with Crippen LogP contribution < -0.4 is 5.73 Å². The molecule has 1 amide bonds. The summed E-state index contributed by atoms with van der Waals surface area (Å²) in [5.41, 5.74) is 5.14. The number of nitrogens with two attached hydrogens (primary N) is 1. The van der Waals surface area contributed by atoms with Crippen LogP contribution in [0.3, 0.4) is 0 Å². The lowest BCUT2D eigenvalue weighted by Crippen LogP contribution is -2.57. The molecular formula is C10H20N2O3. The van der Waals surface area contributed by atoms with Gasteiger partial charge in [0.15, 0.2) is 0 Å². The van der Waals surface area contributed by atoms with Crippen molar-refractivity contribution in [3.63, 3.8) is 0 Å². The number of likely N-dealkylation sites (N-methyl/N-ethyl adjacent to an activating group) is 1. The van der Waals surface area contributed by atoms with Crippen LogP contribution in [-0.2, 0) is 14.3 Å². The molecule has 0 bridgehead atoms.